The minimum absolute atomic E-state index is 0.0267. The molecule has 0 saturated carbocycles. The fourth-order valence-corrected chi connectivity index (χ4v) is 3.29. The Labute approximate surface area is 177 Å². The summed E-state index contributed by atoms with van der Waals surface area (Å²) in [5.41, 5.74) is 3.57. The molecular weight excluding hydrogens is 431 g/mol. The second-order valence-electron chi connectivity index (χ2n) is 6.55. The van der Waals surface area contributed by atoms with Crippen LogP contribution in [0.1, 0.15) is 22.3 Å². The number of nitrogens with zero attached hydrogens (tertiary/aromatic N) is 1. The predicted molar refractivity (Wildman–Crippen MR) is 117 cm³/mol. The number of anilines is 1. The molecule has 0 heterocycles. The van der Waals surface area contributed by atoms with E-state index >= 15 is 0 Å². The smallest absolute Gasteiger partial charge is 0.266 e. The van der Waals surface area contributed by atoms with Gasteiger partial charge in [-0.15, -0.1) is 0 Å². The lowest BCUT2D eigenvalue weighted by Gasteiger charge is -2.10. The van der Waals surface area contributed by atoms with Gasteiger partial charge in [0.05, 0.1) is 0 Å². The molecule has 0 unspecified atom stereocenters. The first kappa shape index (κ1) is 20.5. The number of carbonyl (C=O) groups excluding carboxylic acids is 1. The highest BCUT2D eigenvalue weighted by Crippen LogP contribution is 2.24. The number of hydrogen-bond acceptors (Lipinski definition) is 2. The van der Waals surface area contributed by atoms with Crippen molar-refractivity contribution in [1.29, 1.82) is 5.26 Å². The van der Waals surface area contributed by atoms with Gasteiger partial charge < -0.3 is 5.32 Å². The average molecular weight is 449 g/mol. The molecule has 0 spiro atoms. The van der Waals surface area contributed by atoms with Crippen LogP contribution in [-0.4, -0.2) is 5.91 Å². The number of aryl methyl sites for hydroxylation is 1. The van der Waals surface area contributed by atoms with Crippen molar-refractivity contribution in [2.75, 3.05) is 5.32 Å². The van der Waals surface area contributed by atoms with Gasteiger partial charge in [0.25, 0.3) is 5.91 Å². The average Bonchev–Trinajstić information content (AvgIpc) is 2.71. The molecule has 0 bridgehead atoms. The number of para-hydroxylation sites is 1. The molecule has 0 aliphatic carbocycles. The standard InChI is InChI=1S/C24H18BrFN2O/c1-16-6-2-5-9-23(16)28-24(29)20(15-27)13-19-14-21(25)11-10-17(19)12-18-7-3-4-8-22(18)26/h2-11,13-14H,12H2,1H3,(H,28,29)/b20-13+. The van der Waals surface area contributed by atoms with E-state index in [0.717, 1.165) is 15.6 Å². The SMILES string of the molecule is Cc1ccccc1NC(=O)/C(C#N)=C/c1cc(Br)ccc1Cc1ccccc1F. The Hall–Kier alpha value is -3.23. The molecule has 144 valence electrons. The Morgan fingerprint density at radius 1 is 1.10 bits per heavy atom. The minimum atomic E-state index is -0.487. The second-order valence-corrected chi connectivity index (χ2v) is 7.47. The lowest BCUT2D eigenvalue weighted by atomic mass is 9.98. The quantitative estimate of drug-likeness (QED) is 0.382. The number of hydrogen-bond donors (Lipinski definition) is 1. The van der Waals surface area contributed by atoms with Crippen LogP contribution in [-0.2, 0) is 11.2 Å². The van der Waals surface area contributed by atoms with E-state index in [9.17, 15) is 14.4 Å². The first-order chi connectivity index (χ1) is 14.0. The van der Waals surface area contributed by atoms with Crippen LogP contribution in [0.4, 0.5) is 10.1 Å². The first-order valence-corrected chi connectivity index (χ1v) is 9.78. The van der Waals surface area contributed by atoms with Crippen molar-refractivity contribution < 1.29 is 9.18 Å². The van der Waals surface area contributed by atoms with Gasteiger partial charge in [-0.3, -0.25) is 4.79 Å². The van der Waals surface area contributed by atoms with Crippen LogP contribution in [0.5, 0.6) is 0 Å². The monoisotopic (exact) mass is 448 g/mol. The number of nitrogens with one attached hydrogen (secondary N) is 1. The third-order valence-electron chi connectivity index (χ3n) is 4.50. The molecule has 0 atom stereocenters. The van der Waals surface area contributed by atoms with Gasteiger partial charge in [-0.2, -0.15) is 5.26 Å². The molecule has 0 aliphatic rings. The van der Waals surface area contributed by atoms with E-state index in [1.807, 2.05) is 49.4 Å². The summed E-state index contributed by atoms with van der Waals surface area (Å²) in [5, 5.41) is 12.3. The number of nitriles is 1. The van der Waals surface area contributed by atoms with Gasteiger partial charge in [-0.05, 0) is 59.5 Å². The highest BCUT2D eigenvalue weighted by atomic mass is 79.9. The van der Waals surface area contributed by atoms with Gasteiger partial charge in [0.1, 0.15) is 17.5 Å². The fourth-order valence-electron chi connectivity index (χ4n) is 2.91. The highest BCUT2D eigenvalue weighted by molar-refractivity contribution is 9.10. The second kappa shape index (κ2) is 9.31. The summed E-state index contributed by atoms with van der Waals surface area (Å²) in [5.74, 6) is -0.776. The van der Waals surface area contributed by atoms with E-state index in [-0.39, 0.29) is 11.4 Å². The molecule has 1 N–H and O–H groups in total. The summed E-state index contributed by atoms with van der Waals surface area (Å²) in [6, 6.07) is 21.4. The Morgan fingerprint density at radius 3 is 2.55 bits per heavy atom. The van der Waals surface area contributed by atoms with Crippen LogP contribution in [0.25, 0.3) is 6.08 Å². The number of halogens is 2. The largest absolute Gasteiger partial charge is 0.321 e. The van der Waals surface area contributed by atoms with Crippen LogP contribution in [0.3, 0.4) is 0 Å². The maximum atomic E-state index is 14.1. The lowest BCUT2D eigenvalue weighted by molar-refractivity contribution is -0.112. The Balaban J connectivity index is 1.94. The predicted octanol–water partition coefficient (Wildman–Crippen LogP) is 6.03. The Bertz CT molecular complexity index is 1130. The van der Waals surface area contributed by atoms with E-state index < -0.39 is 5.91 Å². The van der Waals surface area contributed by atoms with Crippen molar-refractivity contribution >= 4 is 33.6 Å². The van der Waals surface area contributed by atoms with Crippen molar-refractivity contribution in [2.24, 2.45) is 0 Å². The van der Waals surface area contributed by atoms with Crippen LogP contribution in [0, 0.1) is 24.1 Å². The van der Waals surface area contributed by atoms with Crippen molar-refractivity contribution in [2.45, 2.75) is 13.3 Å². The van der Waals surface area contributed by atoms with Crippen LogP contribution >= 0.6 is 15.9 Å². The van der Waals surface area contributed by atoms with Crippen LogP contribution < -0.4 is 5.32 Å². The van der Waals surface area contributed by atoms with Gasteiger partial charge in [0, 0.05) is 16.6 Å². The molecule has 0 fully saturated rings. The molecule has 3 nitrogen and oxygen atoms in total. The van der Waals surface area contributed by atoms with Crippen molar-refractivity contribution in [3.63, 3.8) is 0 Å². The molecule has 0 aliphatic heterocycles. The minimum Gasteiger partial charge on any atom is -0.321 e. The molecule has 0 saturated heterocycles. The zero-order valence-electron chi connectivity index (χ0n) is 15.7. The van der Waals surface area contributed by atoms with E-state index in [4.69, 9.17) is 0 Å². The van der Waals surface area contributed by atoms with Gasteiger partial charge in [0.15, 0.2) is 0 Å². The maximum Gasteiger partial charge on any atom is 0.266 e. The summed E-state index contributed by atoms with van der Waals surface area (Å²) in [7, 11) is 0. The number of rotatable bonds is 5. The topological polar surface area (TPSA) is 52.9 Å². The van der Waals surface area contributed by atoms with Crippen molar-refractivity contribution in [3.05, 3.63) is 105 Å². The Kier molecular flexibility index (Phi) is 6.58. The summed E-state index contributed by atoms with van der Waals surface area (Å²) in [4.78, 5) is 12.6. The highest BCUT2D eigenvalue weighted by Gasteiger charge is 2.13. The number of amides is 1. The zero-order chi connectivity index (χ0) is 20.8. The van der Waals surface area contributed by atoms with Crippen molar-refractivity contribution in [3.8, 4) is 6.07 Å². The third kappa shape index (κ3) is 5.18. The van der Waals surface area contributed by atoms with Gasteiger partial charge in [-0.25, -0.2) is 4.39 Å². The third-order valence-corrected chi connectivity index (χ3v) is 5.00. The van der Waals surface area contributed by atoms with Crippen LogP contribution in [0.2, 0.25) is 0 Å². The normalized spacial score (nSPS) is 11.0. The first-order valence-electron chi connectivity index (χ1n) is 8.98. The number of benzene rings is 3. The van der Waals surface area contributed by atoms with Gasteiger partial charge >= 0.3 is 0 Å². The van der Waals surface area contributed by atoms with E-state index in [2.05, 4.69) is 21.2 Å². The maximum absolute atomic E-state index is 14.1. The molecule has 29 heavy (non-hydrogen) atoms. The fraction of sp³-hybridized carbons (Fsp3) is 0.0833. The molecule has 3 aromatic rings. The van der Waals surface area contributed by atoms with Gasteiger partial charge in [0.2, 0.25) is 0 Å². The molecule has 0 radical (unpaired) electrons. The molecular formula is C24H18BrFN2O. The van der Waals surface area contributed by atoms with Gasteiger partial charge in [-0.1, -0.05) is 58.4 Å². The summed E-state index contributed by atoms with van der Waals surface area (Å²) < 4.78 is 14.9. The number of carbonyl (C=O) groups is 1. The molecule has 3 aromatic carbocycles. The van der Waals surface area contributed by atoms with Crippen molar-refractivity contribution in [1.82, 2.24) is 0 Å². The molecule has 0 aromatic heterocycles. The van der Waals surface area contributed by atoms with Crippen LogP contribution in [0.15, 0.2) is 76.8 Å². The van der Waals surface area contributed by atoms with E-state index in [1.165, 1.54) is 12.1 Å². The van der Waals surface area contributed by atoms with E-state index in [1.54, 1.807) is 24.3 Å². The van der Waals surface area contributed by atoms with E-state index in [0.29, 0.717) is 23.2 Å². The lowest BCUT2D eigenvalue weighted by Crippen LogP contribution is -2.14. The molecule has 5 heteroatoms. The zero-order valence-corrected chi connectivity index (χ0v) is 17.3. The summed E-state index contributed by atoms with van der Waals surface area (Å²) in [6.45, 7) is 1.88. The molecule has 1 amide bonds. The summed E-state index contributed by atoms with van der Waals surface area (Å²) in [6.07, 6.45) is 1.89. The Morgan fingerprint density at radius 2 is 1.83 bits per heavy atom. The molecule has 3 rings (SSSR count). The summed E-state index contributed by atoms with van der Waals surface area (Å²) >= 11 is 3.42.